The van der Waals surface area contributed by atoms with E-state index in [1.165, 1.54) is 13.3 Å². The number of carboxylic acid groups (broad SMARTS) is 1. The molecule has 0 radical (unpaired) electrons. The molecule has 1 N–H and O–H groups in total. The molecule has 1 aliphatic heterocycles. The smallest absolute Gasteiger partial charge is 0.341 e. The van der Waals surface area contributed by atoms with Gasteiger partial charge in [-0.25, -0.2) is 4.79 Å². The number of aromatic nitrogens is 1. The fourth-order valence-electron chi connectivity index (χ4n) is 2.68. The van der Waals surface area contributed by atoms with E-state index in [-0.39, 0.29) is 5.56 Å². The number of hydrogen-bond donors (Lipinski definition) is 1. The fourth-order valence-corrected chi connectivity index (χ4v) is 2.68. The number of benzene rings is 1. The molecule has 0 saturated heterocycles. The van der Waals surface area contributed by atoms with E-state index in [0.717, 1.165) is 30.5 Å². The first-order chi connectivity index (χ1) is 9.11. The van der Waals surface area contributed by atoms with Gasteiger partial charge in [0.2, 0.25) is 5.43 Å². The van der Waals surface area contributed by atoms with Gasteiger partial charge in [-0.3, -0.25) is 4.79 Å². The van der Waals surface area contributed by atoms with Crippen LogP contribution >= 0.6 is 0 Å². The first kappa shape index (κ1) is 11.8. The van der Waals surface area contributed by atoms with Crippen molar-refractivity contribution in [2.75, 3.05) is 7.11 Å². The molecule has 0 saturated carbocycles. The first-order valence-corrected chi connectivity index (χ1v) is 6.09. The molecule has 1 aromatic heterocycles. The molecule has 0 amide bonds. The normalized spacial score (nSPS) is 13.5. The zero-order valence-corrected chi connectivity index (χ0v) is 10.5. The Labute approximate surface area is 109 Å². The number of pyridine rings is 1. The molecule has 0 bridgehead atoms. The SMILES string of the molecule is COc1cc2c3c(c1)c(=O)c(C(=O)O)cn3CCC2. The summed E-state index contributed by atoms with van der Waals surface area (Å²) < 4.78 is 7.05. The van der Waals surface area contributed by atoms with Crippen LogP contribution < -0.4 is 10.2 Å². The Morgan fingerprint density at radius 3 is 2.89 bits per heavy atom. The maximum absolute atomic E-state index is 12.2. The van der Waals surface area contributed by atoms with Crippen molar-refractivity contribution in [3.05, 3.63) is 39.7 Å². The minimum Gasteiger partial charge on any atom is -0.497 e. The second-order valence-electron chi connectivity index (χ2n) is 4.66. The summed E-state index contributed by atoms with van der Waals surface area (Å²) in [5.41, 5.74) is 1.24. The number of methoxy groups -OCH3 is 1. The zero-order chi connectivity index (χ0) is 13.6. The number of aryl methyl sites for hydroxylation is 2. The van der Waals surface area contributed by atoms with Crippen LogP contribution in [0, 0.1) is 0 Å². The Balaban J connectivity index is 2.48. The average molecular weight is 259 g/mol. The van der Waals surface area contributed by atoms with Crippen molar-refractivity contribution in [3.8, 4) is 5.75 Å². The van der Waals surface area contributed by atoms with Gasteiger partial charge in [-0.1, -0.05) is 0 Å². The molecule has 19 heavy (non-hydrogen) atoms. The summed E-state index contributed by atoms with van der Waals surface area (Å²) >= 11 is 0. The van der Waals surface area contributed by atoms with Crippen molar-refractivity contribution in [1.82, 2.24) is 4.57 Å². The van der Waals surface area contributed by atoms with Gasteiger partial charge in [0, 0.05) is 12.7 Å². The third-order valence-corrected chi connectivity index (χ3v) is 3.54. The van der Waals surface area contributed by atoms with Gasteiger partial charge < -0.3 is 14.4 Å². The number of carbonyl (C=O) groups is 1. The summed E-state index contributed by atoms with van der Waals surface area (Å²) in [6.45, 7) is 0.733. The molecule has 2 aromatic rings. The van der Waals surface area contributed by atoms with Crippen molar-refractivity contribution in [2.24, 2.45) is 0 Å². The van der Waals surface area contributed by atoms with E-state index in [1.54, 1.807) is 6.07 Å². The third-order valence-electron chi connectivity index (χ3n) is 3.54. The minimum absolute atomic E-state index is 0.186. The van der Waals surface area contributed by atoms with Gasteiger partial charge in [0.25, 0.3) is 0 Å². The van der Waals surface area contributed by atoms with Crippen molar-refractivity contribution in [3.63, 3.8) is 0 Å². The molecule has 1 aliphatic rings. The fraction of sp³-hybridized carbons (Fsp3) is 0.286. The molecule has 0 fully saturated rings. The lowest BCUT2D eigenvalue weighted by atomic mass is 9.99. The molecular formula is C14H13NO4. The zero-order valence-electron chi connectivity index (χ0n) is 10.5. The molecule has 5 nitrogen and oxygen atoms in total. The molecular weight excluding hydrogens is 246 g/mol. The van der Waals surface area contributed by atoms with Gasteiger partial charge in [0.05, 0.1) is 18.0 Å². The van der Waals surface area contributed by atoms with Gasteiger partial charge in [-0.2, -0.15) is 0 Å². The summed E-state index contributed by atoms with van der Waals surface area (Å²) in [5, 5.41) is 9.54. The van der Waals surface area contributed by atoms with E-state index in [2.05, 4.69) is 0 Å². The van der Waals surface area contributed by atoms with Crippen LogP contribution in [-0.2, 0) is 13.0 Å². The van der Waals surface area contributed by atoms with Crippen LogP contribution in [0.1, 0.15) is 22.3 Å². The highest BCUT2D eigenvalue weighted by Crippen LogP contribution is 2.28. The third kappa shape index (κ3) is 1.69. The van der Waals surface area contributed by atoms with Crippen LogP contribution in [0.2, 0.25) is 0 Å². The summed E-state index contributed by atoms with van der Waals surface area (Å²) in [5.74, 6) is -0.596. The molecule has 98 valence electrons. The lowest BCUT2D eigenvalue weighted by Crippen LogP contribution is -2.22. The number of nitrogens with zero attached hydrogens (tertiary/aromatic N) is 1. The summed E-state index contributed by atoms with van der Waals surface area (Å²) in [4.78, 5) is 23.4. The van der Waals surface area contributed by atoms with Crippen LogP contribution in [0.25, 0.3) is 10.9 Å². The summed E-state index contributed by atoms with van der Waals surface area (Å²) in [7, 11) is 1.54. The highest BCUT2D eigenvalue weighted by atomic mass is 16.5. The van der Waals surface area contributed by atoms with Crippen LogP contribution in [0.5, 0.6) is 5.75 Å². The van der Waals surface area contributed by atoms with E-state index in [0.29, 0.717) is 11.1 Å². The highest BCUT2D eigenvalue weighted by molar-refractivity contribution is 5.94. The molecule has 0 spiro atoms. The maximum Gasteiger partial charge on any atom is 0.341 e. The average Bonchev–Trinajstić information content (AvgIpc) is 2.41. The highest BCUT2D eigenvalue weighted by Gasteiger charge is 2.20. The lowest BCUT2D eigenvalue weighted by molar-refractivity contribution is 0.0694. The lowest BCUT2D eigenvalue weighted by Gasteiger charge is -2.21. The van der Waals surface area contributed by atoms with E-state index >= 15 is 0 Å². The Hall–Kier alpha value is -2.30. The van der Waals surface area contributed by atoms with E-state index < -0.39 is 11.4 Å². The number of carboxylic acids is 1. The van der Waals surface area contributed by atoms with E-state index in [1.807, 2.05) is 10.6 Å². The minimum atomic E-state index is -1.19. The molecule has 5 heteroatoms. The van der Waals surface area contributed by atoms with Crippen LogP contribution in [-0.4, -0.2) is 22.8 Å². The van der Waals surface area contributed by atoms with Crippen molar-refractivity contribution < 1.29 is 14.6 Å². The second kappa shape index (κ2) is 4.12. The molecule has 1 aromatic carbocycles. The van der Waals surface area contributed by atoms with E-state index in [9.17, 15) is 9.59 Å². The number of hydrogen-bond acceptors (Lipinski definition) is 3. The van der Waals surface area contributed by atoms with Gasteiger partial charge in [0.1, 0.15) is 11.3 Å². The quantitative estimate of drug-likeness (QED) is 0.890. The predicted molar refractivity (Wildman–Crippen MR) is 70.0 cm³/mol. The summed E-state index contributed by atoms with van der Waals surface area (Å²) in [6, 6.07) is 3.54. The van der Waals surface area contributed by atoms with Crippen LogP contribution in [0.3, 0.4) is 0 Å². The number of ether oxygens (including phenoxy) is 1. The topological polar surface area (TPSA) is 68.5 Å². The maximum atomic E-state index is 12.2. The Morgan fingerprint density at radius 2 is 2.21 bits per heavy atom. The van der Waals surface area contributed by atoms with Crippen LogP contribution in [0.15, 0.2) is 23.1 Å². The summed E-state index contributed by atoms with van der Waals surface area (Å²) in [6.07, 6.45) is 3.25. The van der Waals surface area contributed by atoms with E-state index in [4.69, 9.17) is 9.84 Å². The standard InChI is InChI=1S/C14H13NO4/c1-19-9-5-8-3-2-4-15-7-11(14(17)18)13(16)10(6-9)12(8)15/h5-7H,2-4H2,1H3,(H,17,18). The Bertz CT molecular complexity index is 745. The molecule has 0 atom stereocenters. The predicted octanol–water partition coefficient (Wildman–Crippen LogP) is 1.65. The van der Waals surface area contributed by atoms with Crippen LogP contribution in [0.4, 0.5) is 0 Å². The van der Waals surface area contributed by atoms with Crippen molar-refractivity contribution in [2.45, 2.75) is 19.4 Å². The van der Waals surface area contributed by atoms with Gasteiger partial charge >= 0.3 is 5.97 Å². The first-order valence-electron chi connectivity index (χ1n) is 6.09. The molecule has 3 rings (SSSR count). The molecule has 0 unspecified atom stereocenters. The molecule has 2 heterocycles. The van der Waals surface area contributed by atoms with Gasteiger partial charge in [-0.15, -0.1) is 0 Å². The number of rotatable bonds is 2. The van der Waals surface area contributed by atoms with Gasteiger partial charge in [-0.05, 0) is 30.5 Å². The van der Waals surface area contributed by atoms with Crippen molar-refractivity contribution in [1.29, 1.82) is 0 Å². The molecule has 0 aliphatic carbocycles. The van der Waals surface area contributed by atoms with Gasteiger partial charge in [0.15, 0.2) is 0 Å². The second-order valence-corrected chi connectivity index (χ2v) is 4.66. The number of aromatic carboxylic acids is 1. The Morgan fingerprint density at radius 1 is 1.42 bits per heavy atom. The van der Waals surface area contributed by atoms with Crippen molar-refractivity contribution >= 4 is 16.9 Å². The largest absolute Gasteiger partial charge is 0.497 e. The monoisotopic (exact) mass is 259 g/mol. The Kier molecular flexibility index (Phi) is 2.55.